The molecular weight excluding hydrogens is 260 g/mol. The molecule has 0 unspecified atom stereocenters. The number of hydrogen-bond acceptors (Lipinski definition) is 3. The summed E-state index contributed by atoms with van der Waals surface area (Å²) in [5.74, 6) is 0.535. The first kappa shape index (κ1) is 10.8. The smallest absolute Gasteiger partial charge is 0.172 e. The van der Waals surface area contributed by atoms with Gasteiger partial charge in [0.05, 0.1) is 17.2 Å². The maximum Gasteiger partial charge on any atom is 0.172 e. The van der Waals surface area contributed by atoms with Crippen LogP contribution >= 0.6 is 15.9 Å². The van der Waals surface area contributed by atoms with Gasteiger partial charge in [-0.1, -0.05) is 0 Å². The summed E-state index contributed by atoms with van der Waals surface area (Å²) < 4.78 is 5.64. The number of phenols is 1. The van der Waals surface area contributed by atoms with E-state index in [0.29, 0.717) is 16.6 Å². The van der Waals surface area contributed by atoms with Crippen LogP contribution < -0.4 is 4.74 Å². The molecule has 1 aromatic carbocycles. The van der Waals surface area contributed by atoms with E-state index in [1.807, 2.05) is 6.07 Å². The van der Waals surface area contributed by atoms with Crippen LogP contribution in [0.1, 0.15) is 18.4 Å². The molecule has 0 heterocycles. The zero-order chi connectivity index (χ0) is 11.1. The standard InChI is InChI=1S/C11H13BrO3/c1-15-9-5-7(4-8(12)10(9)13)6-11(14)2-3-11/h4-5,13-14H,2-3,6H2,1H3. The Labute approximate surface area is 96.8 Å². The summed E-state index contributed by atoms with van der Waals surface area (Å²) in [6.45, 7) is 0. The molecular formula is C11H13BrO3. The van der Waals surface area contributed by atoms with E-state index in [1.54, 1.807) is 6.07 Å². The van der Waals surface area contributed by atoms with E-state index in [-0.39, 0.29) is 5.75 Å². The third-order valence-corrected chi connectivity index (χ3v) is 3.27. The third-order valence-electron chi connectivity index (χ3n) is 2.67. The SMILES string of the molecule is COc1cc(CC2(O)CC2)cc(Br)c1O. The quantitative estimate of drug-likeness (QED) is 0.887. The zero-order valence-electron chi connectivity index (χ0n) is 8.46. The lowest BCUT2D eigenvalue weighted by Gasteiger charge is -2.11. The predicted octanol–water partition coefficient (Wildman–Crippen LogP) is 2.23. The fourth-order valence-corrected chi connectivity index (χ4v) is 2.08. The molecule has 1 saturated carbocycles. The van der Waals surface area contributed by atoms with Gasteiger partial charge in [-0.25, -0.2) is 0 Å². The van der Waals surface area contributed by atoms with E-state index in [4.69, 9.17) is 4.74 Å². The summed E-state index contributed by atoms with van der Waals surface area (Å²) in [6, 6.07) is 3.57. The van der Waals surface area contributed by atoms with Gasteiger partial charge in [-0.15, -0.1) is 0 Å². The molecule has 4 heteroatoms. The number of aromatic hydroxyl groups is 1. The first-order valence-corrected chi connectivity index (χ1v) is 5.61. The highest BCUT2D eigenvalue weighted by Gasteiger charge is 2.40. The first-order valence-electron chi connectivity index (χ1n) is 4.82. The molecule has 0 aliphatic heterocycles. The molecule has 15 heavy (non-hydrogen) atoms. The van der Waals surface area contributed by atoms with Gasteiger partial charge in [0, 0.05) is 6.42 Å². The second-order valence-electron chi connectivity index (χ2n) is 4.03. The number of rotatable bonds is 3. The summed E-state index contributed by atoms with van der Waals surface area (Å²) in [7, 11) is 1.51. The maximum atomic E-state index is 9.79. The zero-order valence-corrected chi connectivity index (χ0v) is 10.0. The van der Waals surface area contributed by atoms with Crippen molar-refractivity contribution in [3.63, 3.8) is 0 Å². The van der Waals surface area contributed by atoms with Crippen molar-refractivity contribution in [3.05, 3.63) is 22.2 Å². The van der Waals surface area contributed by atoms with Gasteiger partial charge in [-0.2, -0.15) is 0 Å². The van der Waals surface area contributed by atoms with Crippen LogP contribution in [0.15, 0.2) is 16.6 Å². The number of hydrogen-bond donors (Lipinski definition) is 2. The summed E-state index contributed by atoms with van der Waals surface area (Å²) >= 11 is 3.25. The number of methoxy groups -OCH3 is 1. The van der Waals surface area contributed by atoms with Gasteiger partial charge in [0.2, 0.25) is 0 Å². The molecule has 3 nitrogen and oxygen atoms in total. The van der Waals surface area contributed by atoms with E-state index in [1.165, 1.54) is 7.11 Å². The second-order valence-corrected chi connectivity index (χ2v) is 4.88. The fraction of sp³-hybridized carbons (Fsp3) is 0.455. The summed E-state index contributed by atoms with van der Waals surface area (Å²) in [5, 5.41) is 19.4. The lowest BCUT2D eigenvalue weighted by molar-refractivity contribution is 0.151. The number of aliphatic hydroxyl groups is 1. The van der Waals surface area contributed by atoms with Gasteiger partial charge in [0.15, 0.2) is 11.5 Å². The van der Waals surface area contributed by atoms with Crippen LogP contribution in [0.5, 0.6) is 11.5 Å². The van der Waals surface area contributed by atoms with Crippen molar-refractivity contribution in [1.82, 2.24) is 0 Å². The van der Waals surface area contributed by atoms with Gasteiger partial charge in [0.1, 0.15) is 0 Å². The first-order chi connectivity index (χ1) is 7.04. The summed E-state index contributed by atoms with van der Waals surface area (Å²) in [4.78, 5) is 0. The molecule has 0 saturated heterocycles. The molecule has 2 rings (SSSR count). The van der Waals surface area contributed by atoms with Crippen LogP contribution in [0, 0.1) is 0 Å². The van der Waals surface area contributed by atoms with Crippen molar-refractivity contribution < 1.29 is 14.9 Å². The number of benzene rings is 1. The predicted molar refractivity (Wildman–Crippen MR) is 60.2 cm³/mol. The fourth-order valence-electron chi connectivity index (χ4n) is 1.59. The highest BCUT2D eigenvalue weighted by atomic mass is 79.9. The van der Waals surface area contributed by atoms with E-state index in [2.05, 4.69) is 15.9 Å². The van der Waals surface area contributed by atoms with Crippen LogP contribution in [0.3, 0.4) is 0 Å². The monoisotopic (exact) mass is 272 g/mol. The summed E-state index contributed by atoms with van der Waals surface area (Å²) in [5.41, 5.74) is 0.443. The van der Waals surface area contributed by atoms with E-state index < -0.39 is 5.60 Å². The molecule has 0 aromatic heterocycles. The number of phenolic OH excluding ortho intramolecular Hbond substituents is 1. The molecule has 0 bridgehead atoms. The Bertz CT molecular complexity index is 386. The van der Waals surface area contributed by atoms with Gasteiger partial charge in [0.25, 0.3) is 0 Å². The largest absolute Gasteiger partial charge is 0.503 e. The molecule has 0 spiro atoms. The minimum absolute atomic E-state index is 0.101. The Balaban J connectivity index is 2.28. The average Bonchev–Trinajstić information content (AvgIpc) is 2.89. The topological polar surface area (TPSA) is 49.7 Å². The van der Waals surface area contributed by atoms with Crippen LogP contribution in [0.2, 0.25) is 0 Å². The van der Waals surface area contributed by atoms with Gasteiger partial charge in [-0.3, -0.25) is 0 Å². The van der Waals surface area contributed by atoms with Crippen molar-refractivity contribution in [2.24, 2.45) is 0 Å². The van der Waals surface area contributed by atoms with Crippen LogP contribution in [-0.4, -0.2) is 22.9 Å². The van der Waals surface area contributed by atoms with Crippen molar-refractivity contribution in [3.8, 4) is 11.5 Å². The Morgan fingerprint density at radius 1 is 1.47 bits per heavy atom. The van der Waals surface area contributed by atoms with Crippen LogP contribution in [0.25, 0.3) is 0 Å². The molecule has 1 aromatic rings. The molecule has 0 amide bonds. The molecule has 0 atom stereocenters. The normalized spacial score (nSPS) is 17.5. The highest BCUT2D eigenvalue weighted by molar-refractivity contribution is 9.10. The van der Waals surface area contributed by atoms with E-state index >= 15 is 0 Å². The van der Waals surface area contributed by atoms with Crippen molar-refractivity contribution >= 4 is 15.9 Å². The summed E-state index contributed by atoms with van der Waals surface area (Å²) in [6.07, 6.45) is 2.32. The number of ether oxygens (including phenoxy) is 1. The molecule has 1 fully saturated rings. The van der Waals surface area contributed by atoms with Crippen LogP contribution in [-0.2, 0) is 6.42 Å². The molecule has 0 radical (unpaired) electrons. The molecule has 82 valence electrons. The van der Waals surface area contributed by atoms with Gasteiger partial charge >= 0.3 is 0 Å². The third kappa shape index (κ3) is 2.26. The average molecular weight is 273 g/mol. The van der Waals surface area contributed by atoms with Crippen LogP contribution in [0.4, 0.5) is 0 Å². The Morgan fingerprint density at radius 2 is 2.13 bits per heavy atom. The van der Waals surface area contributed by atoms with Gasteiger partial charge < -0.3 is 14.9 Å². The van der Waals surface area contributed by atoms with Gasteiger partial charge in [-0.05, 0) is 46.5 Å². The van der Waals surface area contributed by atoms with E-state index in [0.717, 1.165) is 18.4 Å². The minimum atomic E-state index is -0.526. The molecule has 2 N–H and O–H groups in total. The highest BCUT2D eigenvalue weighted by Crippen LogP contribution is 2.41. The lowest BCUT2D eigenvalue weighted by atomic mass is 10.1. The molecule has 1 aliphatic rings. The Hall–Kier alpha value is -0.740. The number of halogens is 1. The second kappa shape index (κ2) is 3.68. The molecule has 1 aliphatic carbocycles. The van der Waals surface area contributed by atoms with Crippen molar-refractivity contribution in [1.29, 1.82) is 0 Å². The Kier molecular flexibility index (Phi) is 2.64. The van der Waals surface area contributed by atoms with Crippen molar-refractivity contribution in [2.75, 3.05) is 7.11 Å². The minimum Gasteiger partial charge on any atom is -0.503 e. The lowest BCUT2D eigenvalue weighted by Crippen LogP contribution is -2.10. The van der Waals surface area contributed by atoms with E-state index in [9.17, 15) is 10.2 Å². The maximum absolute atomic E-state index is 9.79. The Morgan fingerprint density at radius 3 is 2.67 bits per heavy atom. The van der Waals surface area contributed by atoms with Crippen molar-refractivity contribution in [2.45, 2.75) is 24.9 Å².